The maximum Gasteiger partial charge on any atom is 0.267 e. The van der Waals surface area contributed by atoms with Crippen LogP contribution in [0.2, 0.25) is 0 Å². The highest BCUT2D eigenvalue weighted by atomic mass is 19.1. The van der Waals surface area contributed by atoms with Crippen LogP contribution >= 0.6 is 0 Å². The van der Waals surface area contributed by atoms with Crippen molar-refractivity contribution >= 4 is 22.7 Å². The molecule has 1 aromatic heterocycles. The lowest BCUT2D eigenvalue weighted by Gasteiger charge is -2.32. The van der Waals surface area contributed by atoms with Gasteiger partial charge < -0.3 is 15.6 Å². The van der Waals surface area contributed by atoms with Crippen LogP contribution in [-0.4, -0.2) is 54.4 Å². The minimum atomic E-state index is -0.342. The van der Waals surface area contributed by atoms with Crippen LogP contribution in [0.3, 0.4) is 0 Å². The van der Waals surface area contributed by atoms with Gasteiger partial charge >= 0.3 is 0 Å². The Bertz CT molecular complexity index is 763. The molecule has 2 heterocycles. The van der Waals surface area contributed by atoms with Gasteiger partial charge in [-0.15, -0.1) is 0 Å². The van der Waals surface area contributed by atoms with Gasteiger partial charge in [-0.05, 0) is 44.0 Å². The average Bonchev–Trinajstić information content (AvgIpc) is 3.05. The number of H-pyrrole nitrogens is 1. The van der Waals surface area contributed by atoms with Crippen LogP contribution in [0.15, 0.2) is 18.2 Å². The molecule has 0 spiro atoms. The van der Waals surface area contributed by atoms with Crippen molar-refractivity contribution in [3.05, 3.63) is 35.3 Å². The number of likely N-dealkylation sites (N-methyl/N-ethyl adjacent to an activating group) is 1. The summed E-state index contributed by atoms with van der Waals surface area (Å²) in [5.41, 5.74) is 1.89. The summed E-state index contributed by atoms with van der Waals surface area (Å²) in [4.78, 5) is 29.1. The number of aromatic nitrogens is 1. The van der Waals surface area contributed by atoms with Gasteiger partial charge in [-0.1, -0.05) is 6.07 Å². The number of hydrogen-bond donors (Lipinski definition) is 3. The third-order valence-electron chi connectivity index (χ3n) is 4.68. The smallest absolute Gasteiger partial charge is 0.267 e. The van der Waals surface area contributed by atoms with Gasteiger partial charge in [-0.25, -0.2) is 4.39 Å². The van der Waals surface area contributed by atoms with E-state index in [0.29, 0.717) is 29.7 Å². The van der Waals surface area contributed by atoms with E-state index in [1.165, 1.54) is 6.07 Å². The van der Waals surface area contributed by atoms with Crippen LogP contribution in [0.1, 0.15) is 28.9 Å². The summed E-state index contributed by atoms with van der Waals surface area (Å²) < 4.78 is 13.9. The number of fused-ring (bicyclic) bond motifs is 1. The number of rotatable bonds is 4. The van der Waals surface area contributed by atoms with Gasteiger partial charge in [0, 0.05) is 25.0 Å². The Morgan fingerprint density at radius 1 is 1.40 bits per heavy atom. The van der Waals surface area contributed by atoms with Crippen LogP contribution in [0.5, 0.6) is 0 Å². The lowest BCUT2D eigenvalue weighted by atomic mass is 10.1. The summed E-state index contributed by atoms with van der Waals surface area (Å²) in [6.45, 7) is 3.68. The number of amides is 2. The molecule has 0 aliphatic carbocycles. The summed E-state index contributed by atoms with van der Waals surface area (Å²) in [5, 5.41) is 6.03. The second-order valence-electron chi connectivity index (χ2n) is 6.56. The number of hydrogen-bond acceptors (Lipinski definition) is 3. The molecule has 1 saturated heterocycles. The molecule has 2 amide bonds. The van der Waals surface area contributed by atoms with Gasteiger partial charge in [0.05, 0.1) is 12.1 Å². The number of halogens is 1. The molecule has 1 aromatic carbocycles. The molecule has 1 atom stereocenters. The van der Waals surface area contributed by atoms with Crippen molar-refractivity contribution in [3.8, 4) is 0 Å². The van der Waals surface area contributed by atoms with Crippen molar-refractivity contribution in [1.82, 2.24) is 20.5 Å². The molecule has 3 rings (SSSR count). The van der Waals surface area contributed by atoms with Gasteiger partial charge in [0.1, 0.15) is 11.5 Å². The Kier molecular flexibility index (Phi) is 5.03. The molecule has 1 fully saturated rings. The van der Waals surface area contributed by atoms with E-state index in [9.17, 15) is 14.0 Å². The Labute approximate surface area is 145 Å². The normalized spacial score (nSPS) is 18.3. The van der Waals surface area contributed by atoms with Crippen LogP contribution < -0.4 is 10.6 Å². The zero-order valence-corrected chi connectivity index (χ0v) is 14.5. The summed E-state index contributed by atoms with van der Waals surface area (Å²) in [5.74, 6) is -0.624. The second-order valence-corrected chi connectivity index (χ2v) is 6.56. The molecule has 6 nitrogen and oxygen atoms in total. The SMILES string of the molecule is CNC(=O)CN1CCCC(NC(=O)c2cc3c(F)ccc(C)c3[nH]2)C1. The number of aromatic amines is 1. The molecule has 25 heavy (non-hydrogen) atoms. The fourth-order valence-electron chi connectivity index (χ4n) is 3.31. The van der Waals surface area contributed by atoms with Crippen LogP contribution in [0, 0.1) is 12.7 Å². The standard InChI is InChI=1S/C18H23FN4O2/c1-11-5-6-14(19)13-8-15(22-17(11)13)18(25)21-12-4-3-7-23(9-12)10-16(24)20-2/h5-6,8,12,22H,3-4,7,9-10H2,1-2H3,(H,20,24)(H,21,25). The van der Waals surface area contributed by atoms with E-state index in [4.69, 9.17) is 0 Å². The van der Waals surface area contributed by atoms with Crippen LogP contribution in [0.4, 0.5) is 4.39 Å². The Morgan fingerprint density at radius 2 is 2.20 bits per heavy atom. The number of carbonyl (C=O) groups excluding carboxylic acids is 2. The molecular weight excluding hydrogens is 323 g/mol. The topological polar surface area (TPSA) is 77.2 Å². The first kappa shape index (κ1) is 17.4. The largest absolute Gasteiger partial charge is 0.358 e. The molecule has 0 saturated carbocycles. The van der Waals surface area contributed by atoms with Crippen LogP contribution in [-0.2, 0) is 4.79 Å². The molecule has 0 bridgehead atoms. The third kappa shape index (κ3) is 3.82. The van der Waals surface area contributed by atoms with E-state index in [1.54, 1.807) is 19.2 Å². The van der Waals surface area contributed by atoms with E-state index in [-0.39, 0.29) is 23.7 Å². The van der Waals surface area contributed by atoms with Gasteiger partial charge in [0.2, 0.25) is 5.91 Å². The first-order valence-electron chi connectivity index (χ1n) is 8.49. The summed E-state index contributed by atoms with van der Waals surface area (Å²) >= 11 is 0. The first-order chi connectivity index (χ1) is 12.0. The molecule has 1 aliphatic rings. The Morgan fingerprint density at radius 3 is 2.92 bits per heavy atom. The average molecular weight is 346 g/mol. The molecule has 1 aliphatic heterocycles. The fourth-order valence-corrected chi connectivity index (χ4v) is 3.31. The highest BCUT2D eigenvalue weighted by Crippen LogP contribution is 2.22. The van der Waals surface area contributed by atoms with Crippen LogP contribution in [0.25, 0.3) is 10.9 Å². The number of nitrogens with zero attached hydrogens (tertiary/aromatic N) is 1. The maximum atomic E-state index is 13.9. The predicted octanol–water partition coefficient (Wildman–Crippen LogP) is 1.56. The molecule has 3 N–H and O–H groups in total. The molecule has 134 valence electrons. The molecule has 1 unspecified atom stereocenters. The van der Waals surface area contributed by atoms with E-state index in [1.807, 2.05) is 11.8 Å². The van der Waals surface area contributed by atoms with Crippen molar-refractivity contribution < 1.29 is 14.0 Å². The number of benzene rings is 1. The van der Waals surface area contributed by atoms with Gasteiger partial charge in [0.15, 0.2) is 0 Å². The fraction of sp³-hybridized carbons (Fsp3) is 0.444. The first-order valence-corrected chi connectivity index (χ1v) is 8.49. The third-order valence-corrected chi connectivity index (χ3v) is 4.68. The number of carbonyl (C=O) groups is 2. The highest BCUT2D eigenvalue weighted by Gasteiger charge is 2.24. The Balaban J connectivity index is 1.69. The van der Waals surface area contributed by atoms with Gasteiger partial charge in [0.25, 0.3) is 5.91 Å². The number of piperidine rings is 1. The van der Waals surface area contributed by atoms with Crippen molar-refractivity contribution in [3.63, 3.8) is 0 Å². The lowest BCUT2D eigenvalue weighted by Crippen LogP contribution is -2.50. The second kappa shape index (κ2) is 7.23. The van der Waals surface area contributed by atoms with Gasteiger partial charge in [-0.3, -0.25) is 14.5 Å². The summed E-state index contributed by atoms with van der Waals surface area (Å²) in [6, 6.07) is 4.62. The van der Waals surface area contributed by atoms with Gasteiger partial charge in [-0.2, -0.15) is 0 Å². The number of likely N-dealkylation sites (tertiary alicyclic amines) is 1. The molecule has 0 radical (unpaired) electrons. The predicted molar refractivity (Wildman–Crippen MR) is 94.0 cm³/mol. The monoisotopic (exact) mass is 346 g/mol. The van der Waals surface area contributed by atoms with Crippen molar-refractivity contribution in [1.29, 1.82) is 0 Å². The molecule has 7 heteroatoms. The van der Waals surface area contributed by atoms with Crippen molar-refractivity contribution in [2.24, 2.45) is 0 Å². The Hall–Kier alpha value is -2.41. The summed E-state index contributed by atoms with van der Waals surface area (Å²) in [7, 11) is 1.61. The molecule has 2 aromatic rings. The zero-order valence-electron chi connectivity index (χ0n) is 14.5. The van der Waals surface area contributed by atoms with Crippen molar-refractivity contribution in [2.75, 3.05) is 26.7 Å². The maximum absolute atomic E-state index is 13.9. The van der Waals surface area contributed by atoms with Crippen molar-refractivity contribution in [2.45, 2.75) is 25.8 Å². The van der Waals surface area contributed by atoms with E-state index < -0.39 is 0 Å². The van der Waals surface area contributed by atoms with E-state index >= 15 is 0 Å². The zero-order chi connectivity index (χ0) is 18.0. The quantitative estimate of drug-likeness (QED) is 0.786. The highest BCUT2D eigenvalue weighted by molar-refractivity contribution is 5.99. The molecular formula is C18H23FN4O2. The summed E-state index contributed by atoms with van der Waals surface area (Å²) in [6.07, 6.45) is 1.78. The number of nitrogens with one attached hydrogen (secondary N) is 3. The minimum Gasteiger partial charge on any atom is -0.358 e. The minimum absolute atomic E-state index is 0.0248. The van der Waals surface area contributed by atoms with E-state index in [2.05, 4.69) is 15.6 Å². The number of aryl methyl sites for hydroxylation is 1. The lowest BCUT2D eigenvalue weighted by molar-refractivity contribution is -0.122. The van der Waals surface area contributed by atoms with E-state index in [0.717, 1.165) is 24.9 Å².